The van der Waals surface area contributed by atoms with Crippen molar-refractivity contribution in [1.82, 2.24) is 9.36 Å². The van der Waals surface area contributed by atoms with Crippen molar-refractivity contribution < 1.29 is 14.6 Å². The minimum Gasteiger partial charge on any atom is -0.283 e. The first kappa shape index (κ1) is 27.9. The average molecular weight is 584 g/mol. The number of anilines is 1. The molecule has 2 heterocycles. The van der Waals surface area contributed by atoms with E-state index in [0.29, 0.717) is 22.5 Å². The van der Waals surface area contributed by atoms with E-state index in [2.05, 4.69) is 10.2 Å². The second kappa shape index (κ2) is 11.5. The highest BCUT2D eigenvalue weighted by Gasteiger charge is 2.39. The molecule has 0 radical (unpaired) electrons. The first-order chi connectivity index (χ1) is 20.2. The molecule has 5 rings (SSSR count). The Bertz CT molecular complexity index is 1860. The fourth-order valence-electron chi connectivity index (χ4n) is 4.22. The second-order valence-corrected chi connectivity index (χ2v) is 9.99. The number of hydrogen-bond acceptors (Lipinski definition) is 9. The third kappa shape index (κ3) is 5.38. The van der Waals surface area contributed by atoms with E-state index in [1.54, 1.807) is 49.0 Å². The SMILES string of the molecule is Cc1c(N2C(=O)/C(=C\c3ccc([N+](=O)[O-])cc3)S/C2=N/N=C\c2ccc([N+](=O)[O-])cc2)c(=O)n(-c2ccccc2)n1C. The van der Waals surface area contributed by atoms with Gasteiger partial charge in [-0.25, -0.2) is 9.58 Å². The van der Waals surface area contributed by atoms with E-state index in [4.69, 9.17) is 0 Å². The number of amidine groups is 1. The largest absolute Gasteiger partial charge is 0.296 e. The van der Waals surface area contributed by atoms with Gasteiger partial charge in [0.15, 0.2) is 0 Å². The number of para-hydroxylation sites is 1. The maximum Gasteiger partial charge on any atom is 0.296 e. The van der Waals surface area contributed by atoms with E-state index in [-0.39, 0.29) is 27.1 Å². The molecule has 14 heteroatoms. The van der Waals surface area contributed by atoms with Crippen LogP contribution in [-0.4, -0.2) is 36.5 Å². The van der Waals surface area contributed by atoms with E-state index < -0.39 is 21.3 Å². The summed E-state index contributed by atoms with van der Waals surface area (Å²) < 4.78 is 3.08. The maximum absolute atomic E-state index is 13.8. The first-order valence-corrected chi connectivity index (χ1v) is 13.2. The van der Waals surface area contributed by atoms with E-state index in [9.17, 15) is 29.8 Å². The van der Waals surface area contributed by atoms with Gasteiger partial charge >= 0.3 is 0 Å². The molecule has 1 aromatic heterocycles. The zero-order valence-corrected chi connectivity index (χ0v) is 23.0. The molecule has 1 saturated heterocycles. The minimum absolute atomic E-state index is 0.0724. The highest BCUT2D eigenvalue weighted by molar-refractivity contribution is 8.19. The van der Waals surface area contributed by atoms with Crippen molar-refractivity contribution in [2.45, 2.75) is 6.92 Å². The van der Waals surface area contributed by atoms with Gasteiger partial charge in [0.25, 0.3) is 22.8 Å². The van der Waals surface area contributed by atoms with Crippen LogP contribution in [0, 0.1) is 27.2 Å². The third-order valence-corrected chi connectivity index (χ3v) is 7.37. The van der Waals surface area contributed by atoms with E-state index in [1.165, 1.54) is 64.3 Å². The van der Waals surface area contributed by atoms with Crippen LogP contribution < -0.4 is 10.5 Å². The monoisotopic (exact) mass is 583 g/mol. The standard InChI is InChI=1S/C28H21N7O6S/c1-18-25(27(37)33(31(18)2)21-6-4-3-5-7-21)32-26(36)24(16-19-8-12-22(13-9-19)34(38)39)42-28(32)30-29-17-20-10-14-23(15-11-20)35(40)41/h3-17H,1-2H3/b24-16+,29-17-,30-28+. The van der Waals surface area contributed by atoms with Gasteiger partial charge in [-0.3, -0.25) is 34.5 Å². The molecular formula is C28H21N7O6S. The summed E-state index contributed by atoms with van der Waals surface area (Å²) in [6, 6.07) is 20.3. The van der Waals surface area contributed by atoms with Crippen molar-refractivity contribution in [2.24, 2.45) is 17.3 Å². The normalized spacial score (nSPS) is 15.3. The van der Waals surface area contributed by atoms with Crippen LogP contribution in [0.3, 0.4) is 0 Å². The van der Waals surface area contributed by atoms with Gasteiger partial charge in [-0.1, -0.05) is 18.2 Å². The fourth-order valence-corrected chi connectivity index (χ4v) is 5.14. The Kier molecular flexibility index (Phi) is 7.62. The number of nitro groups is 2. The first-order valence-electron chi connectivity index (χ1n) is 12.3. The Hall–Kier alpha value is -5.63. The molecular weight excluding hydrogens is 562 g/mol. The van der Waals surface area contributed by atoms with E-state index in [0.717, 1.165) is 11.8 Å². The summed E-state index contributed by atoms with van der Waals surface area (Å²) in [7, 11) is 1.71. The number of non-ortho nitro benzene ring substituents is 2. The molecule has 0 bridgehead atoms. The molecule has 4 aromatic rings. The predicted molar refractivity (Wildman–Crippen MR) is 160 cm³/mol. The summed E-state index contributed by atoms with van der Waals surface area (Å²) in [5, 5.41) is 30.4. The van der Waals surface area contributed by atoms with Crippen molar-refractivity contribution in [3.8, 4) is 5.69 Å². The van der Waals surface area contributed by atoms with Crippen molar-refractivity contribution in [3.63, 3.8) is 0 Å². The molecule has 0 N–H and O–H groups in total. The van der Waals surface area contributed by atoms with Gasteiger partial charge < -0.3 is 0 Å². The summed E-state index contributed by atoms with van der Waals surface area (Å²) in [5.74, 6) is -0.520. The summed E-state index contributed by atoms with van der Waals surface area (Å²) in [6.07, 6.45) is 2.93. The lowest BCUT2D eigenvalue weighted by Crippen LogP contribution is -2.33. The molecule has 3 aromatic carbocycles. The number of thioether (sulfide) groups is 1. The number of nitrogens with zero attached hydrogens (tertiary/aromatic N) is 7. The molecule has 0 atom stereocenters. The lowest BCUT2D eigenvalue weighted by Gasteiger charge is -2.12. The number of rotatable bonds is 7. The zero-order chi connectivity index (χ0) is 30.0. The van der Waals surface area contributed by atoms with Gasteiger partial charge in [-0.15, -0.1) is 5.10 Å². The quantitative estimate of drug-likeness (QED) is 0.131. The predicted octanol–water partition coefficient (Wildman–Crippen LogP) is 4.81. The average Bonchev–Trinajstić information content (AvgIpc) is 3.39. The summed E-state index contributed by atoms with van der Waals surface area (Å²) in [5.41, 5.74) is 1.67. The number of aromatic nitrogens is 2. The summed E-state index contributed by atoms with van der Waals surface area (Å²) in [6.45, 7) is 1.71. The van der Waals surface area contributed by atoms with Crippen molar-refractivity contribution >= 4 is 52.2 Å². The molecule has 1 aliphatic rings. The van der Waals surface area contributed by atoms with Gasteiger partial charge in [0.2, 0.25) is 5.17 Å². The minimum atomic E-state index is -0.520. The van der Waals surface area contributed by atoms with Crippen LogP contribution in [0.4, 0.5) is 17.1 Å². The fraction of sp³-hybridized carbons (Fsp3) is 0.0714. The molecule has 0 aliphatic carbocycles. The van der Waals surface area contributed by atoms with Crippen molar-refractivity contribution in [2.75, 3.05) is 4.90 Å². The number of nitro benzene ring substituents is 2. The lowest BCUT2D eigenvalue weighted by molar-refractivity contribution is -0.385. The number of carbonyl (C=O) groups is 1. The number of amides is 1. The van der Waals surface area contributed by atoms with Crippen molar-refractivity contribution in [3.05, 3.63) is 131 Å². The van der Waals surface area contributed by atoms with Gasteiger partial charge in [0, 0.05) is 31.3 Å². The smallest absolute Gasteiger partial charge is 0.283 e. The van der Waals surface area contributed by atoms with Crippen LogP contribution in [0.15, 0.2) is 98.8 Å². The van der Waals surface area contributed by atoms with E-state index in [1.807, 2.05) is 6.07 Å². The number of hydrogen-bond donors (Lipinski definition) is 0. The molecule has 13 nitrogen and oxygen atoms in total. The Morgan fingerprint density at radius 1 is 0.833 bits per heavy atom. The number of benzene rings is 3. The van der Waals surface area contributed by atoms with Crippen molar-refractivity contribution in [1.29, 1.82) is 0 Å². The van der Waals surface area contributed by atoms with Crippen LogP contribution >= 0.6 is 11.8 Å². The maximum atomic E-state index is 13.8. The summed E-state index contributed by atoms with van der Waals surface area (Å²) in [4.78, 5) is 49.9. The summed E-state index contributed by atoms with van der Waals surface area (Å²) >= 11 is 0.990. The molecule has 1 aliphatic heterocycles. The molecule has 42 heavy (non-hydrogen) atoms. The molecule has 1 amide bonds. The van der Waals surface area contributed by atoms with E-state index >= 15 is 0 Å². The molecule has 0 spiro atoms. The Morgan fingerprint density at radius 2 is 1.40 bits per heavy atom. The molecule has 0 saturated carbocycles. The number of carbonyl (C=O) groups excluding carboxylic acids is 1. The van der Waals surface area contributed by atoms with Gasteiger partial charge in [0.05, 0.1) is 32.3 Å². The lowest BCUT2D eigenvalue weighted by atomic mass is 10.2. The van der Waals surface area contributed by atoms with Gasteiger partial charge in [-0.05, 0) is 72.3 Å². The Balaban J connectivity index is 1.58. The third-order valence-electron chi connectivity index (χ3n) is 6.41. The van der Waals surface area contributed by atoms with Crippen LogP contribution in [0.5, 0.6) is 0 Å². The molecule has 1 fully saturated rings. The Labute approximate surface area is 242 Å². The van der Waals surface area contributed by atoms with Gasteiger partial charge in [0.1, 0.15) is 5.69 Å². The second-order valence-electron chi connectivity index (χ2n) is 8.99. The Morgan fingerprint density at radius 3 is 1.98 bits per heavy atom. The van der Waals surface area contributed by atoms with Crippen LogP contribution in [0.25, 0.3) is 11.8 Å². The molecule has 0 unspecified atom stereocenters. The van der Waals surface area contributed by atoms with Crippen LogP contribution in [0.1, 0.15) is 16.8 Å². The van der Waals surface area contributed by atoms with Crippen LogP contribution in [0.2, 0.25) is 0 Å². The highest BCUT2D eigenvalue weighted by Crippen LogP contribution is 2.36. The van der Waals surface area contributed by atoms with Crippen LogP contribution in [-0.2, 0) is 11.8 Å². The highest BCUT2D eigenvalue weighted by atomic mass is 32.2. The zero-order valence-electron chi connectivity index (χ0n) is 22.1. The topological polar surface area (TPSA) is 158 Å². The molecule has 210 valence electrons. The van der Waals surface area contributed by atoms with Gasteiger partial charge in [-0.2, -0.15) is 5.10 Å².